The Morgan fingerprint density at radius 2 is 1.17 bits per heavy atom. The van der Waals surface area contributed by atoms with Gasteiger partial charge in [-0.05, 0) is 6.92 Å². The molecule has 1 atom stereocenters. The van der Waals surface area contributed by atoms with Gasteiger partial charge in [0.05, 0.1) is 0 Å². The normalized spacial score (nSPS) is 12.5. The van der Waals surface area contributed by atoms with Crippen LogP contribution in [0, 0.1) is 0 Å². The quantitative estimate of drug-likeness (QED) is 0.144. The van der Waals surface area contributed by atoms with Crippen LogP contribution in [-0.4, -0.2) is 119 Å². The minimum absolute atomic E-state index is 0.894. The number of rotatable bonds is 1. The first kappa shape index (κ1) is 35.1. The van der Waals surface area contributed by atoms with Crippen LogP contribution in [0.1, 0.15) is 6.92 Å². The van der Waals surface area contributed by atoms with E-state index >= 15 is 0 Å². The molecule has 5 N–H and O–H groups in total. The van der Waals surface area contributed by atoms with Crippen LogP contribution in [0.2, 0.25) is 0 Å². The second-order valence-corrected chi connectivity index (χ2v) is 6.73. The number of carbonyl (C=O) groups is 1. The fourth-order valence-electron chi connectivity index (χ4n) is 1.07. The second-order valence-electron chi connectivity index (χ2n) is 5.32. The fraction of sp³-hybridized carbons (Fsp3) is 0.786. The number of guanidine groups is 2. The molecule has 0 rings (SSSR count). The summed E-state index contributed by atoms with van der Waals surface area (Å²) in [6, 6.07) is 0. The Morgan fingerprint density at radius 3 is 1.17 bits per heavy atom. The number of hydrogen-bond donors (Lipinski definition) is 5. The van der Waals surface area contributed by atoms with E-state index in [1.165, 1.54) is 6.92 Å². The summed E-state index contributed by atoms with van der Waals surface area (Å²) < 4.78 is 57.5. The standard InChI is InChI=1S/2C5H13N3.C3H6O3.CHF3O3S/c2*1-6-5(7-2)8(3)4;1-2(4)3(5)6;2-1(3,4)8(5,6)7/h2*1-4H3,(H,6,7);2,4H,1H3,(H,5,6);(H,5,6,7). The van der Waals surface area contributed by atoms with Crippen LogP contribution in [0.25, 0.3) is 0 Å². The zero-order chi connectivity index (χ0) is 25.3. The molecule has 0 heterocycles. The van der Waals surface area contributed by atoms with Crippen LogP contribution in [0.15, 0.2) is 9.98 Å². The van der Waals surface area contributed by atoms with Crippen LogP contribution in [0.4, 0.5) is 13.2 Å². The number of halogens is 3. The average molecular weight is 471 g/mol. The van der Waals surface area contributed by atoms with Crippen molar-refractivity contribution in [3.05, 3.63) is 0 Å². The third-order valence-corrected chi connectivity index (χ3v) is 2.95. The van der Waals surface area contributed by atoms with Gasteiger partial charge in [-0.3, -0.25) is 14.5 Å². The van der Waals surface area contributed by atoms with E-state index in [9.17, 15) is 18.0 Å². The molecule has 0 saturated carbocycles. The van der Waals surface area contributed by atoms with Crippen LogP contribution in [0.5, 0.6) is 0 Å². The van der Waals surface area contributed by atoms with E-state index in [0.29, 0.717) is 0 Å². The van der Waals surface area contributed by atoms with Gasteiger partial charge in [-0.15, -0.1) is 0 Å². The van der Waals surface area contributed by atoms with Crippen molar-refractivity contribution in [2.24, 2.45) is 9.98 Å². The first-order valence-electron chi connectivity index (χ1n) is 7.92. The number of hydrogen-bond acceptors (Lipinski definition) is 6. The number of alkyl halides is 3. The zero-order valence-electron chi connectivity index (χ0n) is 18.5. The highest BCUT2D eigenvalue weighted by Crippen LogP contribution is 2.20. The lowest BCUT2D eigenvalue weighted by molar-refractivity contribution is -0.145. The summed E-state index contributed by atoms with van der Waals surface area (Å²) in [5, 5.41) is 21.6. The van der Waals surface area contributed by atoms with E-state index in [0.717, 1.165) is 11.9 Å². The van der Waals surface area contributed by atoms with Gasteiger partial charge in [0.25, 0.3) is 0 Å². The summed E-state index contributed by atoms with van der Waals surface area (Å²) in [5.41, 5.74) is -5.53. The number of nitrogens with one attached hydrogen (secondary N) is 2. The summed E-state index contributed by atoms with van der Waals surface area (Å²) in [5.74, 6) is 0.602. The van der Waals surface area contributed by atoms with Crippen molar-refractivity contribution in [3.8, 4) is 0 Å². The third-order valence-electron chi connectivity index (χ3n) is 2.37. The molecule has 0 aromatic rings. The number of aliphatic imine (C=N–C) groups is 2. The number of aliphatic carboxylic acids is 1. The summed E-state index contributed by atoms with van der Waals surface area (Å²) >= 11 is 0. The molecule has 0 spiro atoms. The molecule has 0 aliphatic carbocycles. The van der Waals surface area contributed by atoms with E-state index in [4.69, 9.17) is 23.2 Å². The molecule has 0 bridgehead atoms. The van der Waals surface area contributed by atoms with Gasteiger partial charge in [0.15, 0.2) is 11.9 Å². The number of aliphatic hydroxyl groups is 1. The highest BCUT2D eigenvalue weighted by Gasteiger charge is 2.44. The molecular formula is C14H33F3N6O6S. The van der Waals surface area contributed by atoms with Gasteiger partial charge >= 0.3 is 21.6 Å². The first-order valence-corrected chi connectivity index (χ1v) is 9.36. The lowest BCUT2D eigenvalue weighted by atomic mass is 10.4. The van der Waals surface area contributed by atoms with Crippen molar-refractivity contribution in [1.82, 2.24) is 20.4 Å². The van der Waals surface area contributed by atoms with Crippen molar-refractivity contribution in [1.29, 1.82) is 0 Å². The van der Waals surface area contributed by atoms with E-state index in [1.807, 2.05) is 52.1 Å². The van der Waals surface area contributed by atoms with Crippen molar-refractivity contribution in [2.45, 2.75) is 18.5 Å². The Hall–Kier alpha value is -2.33. The summed E-state index contributed by atoms with van der Waals surface area (Å²) in [7, 11) is 9.14. The predicted molar refractivity (Wildman–Crippen MR) is 109 cm³/mol. The smallest absolute Gasteiger partial charge is 0.479 e. The number of carboxylic acid groups (broad SMARTS) is 1. The van der Waals surface area contributed by atoms with Crippen molar-refractivity contribution in [2.75, 3.05) is 56.4 Å². The fourth-order valence-corrected chi connectivity index (χ4v) is 1.07. The van der Waals surface area contributed by atoms with Gasteiger partial charge in [-0.25, -0.2) is 4.79 Å². The van der Waals surface area contributed by atoms with Gasteiger partial charge in [0, 0.05) is 56.4 Å². The Balaban J connectivity index is -0.000000151. The Kier molecular flexibility index (Phi) is 20.5. The molecule has 0 aliphatic rings. The topological polar surface area (TPSA) is 167 Å². The molecule has 0 aliphatic heterocycles. The Morgan fingerprint density at radius 1 is 0.967 bits per heavy atom. The minimum Gasteiger partial charge on any atom is -0.479 e. The molecule has 1 unspecified atom stereocenters. The van der Waals surface area contributed by atoms with Crippen molar-refractivity contribution >= 4 is 28.0 Å². The van der Waals surface area contributed by atoms with E-state index in [-0.39, 0.29) is 0 Å². The lowest BCUT2D eigenvalue weighted by Crippen LogP contribution is -2.33. The Bertz CT molecular complexity index is 598. The lowest BCUT2D eigenvalue weighted by Gasteiger charge is -2.12. The van der Waals surface area contributed by atoms with E-state index in [1.54, 1.807) is 14.1 Å². The molecule has 0 aromatic heterocycles. The van der Waals surface area contributed by atoms with Crippen molar-refractivity contribution < 1.29 is 41.1 Å². The Labute approximate surface area is 175 Å². The van der Waals surface area contributed by atoms with E-state index < -0.39 is 27.7 Å². The summed E-state index contributed by atoms with van der Waals surface area (Å²) in [6.45, 7) is 1.20. The van der Waals surface area contributed by atoms with Gasteiger partial charge in [-0.1, -0.05) is 0 Å². The molecule has 16 heteroatoms. The summed E-state index contributed by atoms with van der Waals surface area (Å²) in [4.78, 5) is 21.2. The molecule has 12 nitrogen and oxygen atoms in total. The van der Waals surface area contributed by atoms with Crippen LogP contribution < -0.4 is 10.6 Å². The monoisotopic (exact) mass is 470 g/mol. The third kappa shape index (κ3) is 22.0. The van der Waals surface area contributed by atoms with Gasteiger partial charge < -0.3 is 30.6 Å². The highest BCUT2D eigenvalue weighted by molar-refractivity contribution is 7.86. The van der Waals surface area contributed by atoms with Gasteiger partial charge in [0.1, 0.15) is 6.10 Å². The molecular weight excluding hydrogens is 437 g/mol. The molecule has 0 saturated heterocycles. The molecule has 182 valence electrons. The number of nitrogens with zero attached hydrogens (tertiary/aromatic N) is 4. The average Bonchev–Trinajstić information content (AvgIpc) is 2.56. The predicted octanol–water partition coefficient (Wildman–Crippen LogP) is -0.648. The first-order chi connectivity index (χ1) is 13.3. The summed E-state index contributed by atoms with van der Waals surface area (Å²) in [6.07, 6.45) is -1.23. The van der Waals surface area contributed by atoms with E-state index in [2.05, 4.69) is 20.6 Å². The van der Waals surface area contributed by atoms with Crippen LogP contribution in [-0.2, 0) is 14.9 Å². The molecule has 30 heavy (non-hydrogen) atoms. The maximum atomic E-state index is 10.7. The van der Waals surface area contributed by atoms with Gasteiger partial charge in [-0.2, -0.15) is 21.6 Å². The van der Waals surface area contributed by atoms with Crippen LogP contribution >= 0.6 is 0 Å². The highest BCUT2D eigenvalue weighted by atomic mass is 32.2. The molecule has 0 radical (unpaired) electrons. The second kappa shape index (κ2) is 17.5. The zero-order valence-corrected chi connectivity index (χ0v) is 19.3. The molecule has 0 amide bonds. The SMILES string of the molecule is CC(O)C(=O)O.CN=C(NC)N(C)C.CN=C(NC)N(C)C.O=S(=O)(O)C(F)(F)F. The minimum atomic E-state index is -5.84. The largest absolute Gasteiger partial charge is 0.522 e. The number of aliphatic hydroxyl groups excluding tert-OH is 1. The van der Waals surface area contributed by atoms with Crippen LogP contribution in [0.3, 0.4) is 0 Å². The molecule has 0 aromatic carbocycles. The van der Waals surface area contributed by atoms with Gasteiger partial charge in [0.2, 0.25) is 0 Å². The molecule has 0 fully saturated rings. The maximum Gasteiger partial charge on any atom is 0.522 e. The number of carboxylic acids is 1. The maximum absolute atomic E-state index is 10.7. The van der Waals surface area contributed by atoms with Crippen molar-refractivity contribution in [3.63, 3.8) is 0 Å².